The van der Waals surface area contributed by atoms with Gasteiger partial charge in [-0.15, -0.1) is 0 Å². The molecule has 0 bridgehead atoms. The fourth-order valence-corrected chi connectivity index (χ4v) is 4.86. The van der Waals surface area contributed by atoms with E-state index in [1.165, 1.54) is 28.6 Å². The summed E-state index contributed by atoms with van der Waals surface area (Å²) in [6.45, 7) is 2.58. The Balaban J connectivity index is 1.59. The molecule has 0 aliphatic carbocycles. The number of halogens is 1. The highest BCUT2D eigenvalue weighted by Crippen LogP contribution is 2.23. The number of amides is 2. The predicted octanol–water partition coefficient (Wildman–Crippen LogP) is 1.82. The Morgan fingerprint density at radius 1 is 1.10 bits per heavy atom. The van der Waals surface area contributed by atoms with E-state index in [2.05, 4.69) is 10.6 Å². The number of nitrogens with one attached hydrogen (secondary N) is 2. The van der Waals surface area contributed by atoms with E-state index in [-0.39, 0.29) is 24.5 Å². The molecule has 0 unspecified atom stereocenters. The van der Waals surface area contributed by atoms with E-state index < -0.39 is 28.1 Å². The molecule has 1 saturated heterocycles. The molecule has 10 heteroatoms. The average molecular weight is 466 g/mol. The monoisotopic (exact) mass is 465 g/mol. The van der Waals surface area contributed by atoms with Gasteiger partial charge in [-0.05, 0) is 48.7 Å². The van der Waals surface area contributed by atoms with Gasteiger partial charge in [0, 0.05) is 18.1 Å². The molecule has 1 aliphatic rings. The molecular weight excluding hydrogens is 442 g/mol. The lowest BCUT2D eigenvalue weighted by Crippen LogP contribution is -2.53. The number of nitrogens with zero attached hydrogens (tertiary/aromatic N) is 1. The molecule has 1 atom stereocenters. The van der Waals surface area contributed by atoms with E-state index >= 15 is 0 Å². The number of carbonyl (C=O) groups is 2. The fraction of sp³-hybridized carbons (Fsp3) is 0.333. The molecule has 166 valence electrons. The third-order valence-corrected chi connectivity index (χ3v) is 7.07. The van der Waals surface area contributed by atoms with Gasteiger partial charge in [0.25, 0.3) is 0 Å². The Morgan fingerprint density at radius 2 is 1.77 bits per heavy atom. The zero-order valence-corrected chi connectivity index (χ0v) is 18.6. The van der Waals surface area contributed by atoms with Crippen molar-refractivity contribution >= 4 is 33.4 Å². The summed E-state index contributed by atoms with van der Waals surface area (Å²) in [7, 11) is -3.85. The quantitative estimate of drug-likeness (QED) is 0.633. The molecule has 31 heavy (non-hydrogen) atoms. The fourth-order valence-electron chi connectivity index (χ4n) is 3.17. The Hall–Kier alpha value is -2.46. The van der Waals surface area contributed by atoms with Crippen molar-refractivity contribution in [2.75, 3.05) is 19.7 Å². The Kier molecular flexibility index (Phi) is 7.66. The molecule has 2 aromatic rings. The van der Waals surface area contributed by atoms with Crippen molar-refractivity contribution in [1.82, 2.24) is 14.9 Å². The second-order valence-corrected chi connectivity index (χ2v) is 9.39. The lowest BCUT2D eigenvalue weighted by atomic mass is 10.1. The van der Waals surface area contributed by atoms with E-state index in [4.69, 9.17) is 16.3 Å². The maximum atomic E-state index is 13.0. The van der Waals surface area contributed by atoms with E-state index in [9.17, 15) is 18.0 Å². The maximum Gasteiger partial charge on any atom is 0.309 e. The van der Waals surface area contributed by atoms with Crippen LogP contribution in [0.1, 0.15) is 17.5 Å². The van der Waals surface area contributed by atoms with Crippen LogP contribution in [0.5, 0.6) is 0 Å². The lowest BCUT2D eigenvalue weighted by Gasteiger charge is -2.34. The molecule has 1 fully saturated rings. The van der Waals surface area contributed by atoms with Gasteiger partial charge in [0.05, 0.1) is 18.0 Å². The summed E-state index contributed by atoms with van der Waals surface area (Å²) in [6.07, 6.45) is -0.392. The van der Waals surface area contributed by atoms with Crippen LogP contribution in [0.15, 0.2) is 53.4 Å². The van der Waals surface area contributed by atoms with Crippen molar-refractivity contribution in [3.63, 3.8) is 0 Å². The number of aryl methyl sites for hydroxylation is 1. The minimum atomic E-state index is -3.85. The molecule has 2 N–H and O–H groups in total. The molecule has 0 radical (unpaired) electrons. The Bertz CT molecular complexity index is 1040. The second-order valence-electron chi connectivity index (χ2n) is 7.07. The third-order valence-electron chi connectivity index (χ3n) is 4.92. The molecule has 1 heterocycles. The van der Waals surface area contributed by atoms with Crippen molar-refractivity contribution in [2.24, 2.45) is 0 Å². The predicted molar refractivity (Wildman–Crippen MR) is 116 cm³/mol. The first-order chi connectivity index (χ1) is 14.8. The number of hydrogen-bond donors (Lipinski definition) is 2. The van der Waals surface area contributed by atoms with E-state index in [0.717, 1.165) is 11.1 Å². The number of sulfonamides is 1. The van der Waals surface area contributed by atoms with E-state index in [1.54, 1.807) is 0 Å². The molecular formula is C21H24ClN3O5S. The van der Waals surface area contributed by atoms with Crippen LogP contribution in [0.4, 0.5) is 0 Å². The summed E-state index contributed by atoms with van der Waals surface area (Å²) in [4.78, 5) is 24.4. The van der Waals surface area contributed by atoms with Crippen LogP contribution >= 0.6 is 11.6 Å². The SMILES string of the molecule is Cc1ccccc1CNC(=O)C(=O)NC[C@H]1OCCCN1S(=O)(=O)c1ccc(Cl)cc1. The third kappa shape index (κ3) is 5.82. The number of rotatable bonds is 6. The van der Waals surface area contributed by atoms with Gasteiger partial charge in [-0.2, -0.15) is 4.31 Å². The first-order valence-electron chi connectivity index (χ1n) is 9.78. The first-order valence-corrected chi connectivity index (χ1v) is 11.6. The summed E-state index contributed by atoms with van der Waals surface area (Å²) in [6, 6.07) is 13.3. The van der Waals surface area contributed by atoms with Crippen LogP contribution in [0.3, 0.4) is 0 Å². The molecule has 2 amide bonds. The van der Waals surface area contributed by atoms with Crippen LogP contribution in [0.25, 0.3) is 0 Å². The van der Waals surface area contributed by atoms with Crippen molar-refractivity contribution < 1.29 is 22.7 Å². The van der Waals surface area contributed by atoms with E-state index in [1.807, 2.05) is 31.2 Å². The minimum absolute atomic E-state index is 0.0784. The van der Waals surface area contributed by atoms with Crippen LogP contribution in [-0.4, -0.2) is 50.5 Å². The second kappa shape index (κ2) is 10.2. The molecule has 0 saturated carbocycles. The van der Waals surface area contributed by atoms with Gasteiger partial charge in [-0.1, -0.05) is 35.9 Å². The van der Waals surface area contributed by atoms with E-state index in [0.29, 0.717) is 18.1 Å². The minimum Gasteiger partial charge on any atom is -0.360 e. The van der Waals surface area contributed by atoms with Gasteiger partial charge in [-0.3, -0.25) is 9.59 Å². The van der Waals surface area contributed by atoms with Crippen molar-refractivity contribution in [3.8, 4) is 0 Å². The number of carbonyl (C=O) groups excluding carboxylic acids is 2. The Labute approximate surface area is 186 Å². The normalized spacial score (nSPS) is 17.2. The summed E-state index contributed by atoms with van der Waals surface area (Å²) >= 11 is 5.85. The number of hydrogen-bond acceptors (Lipinski definition) is 5. The van der Waals surface area contributed by atoms with Gasteiger partial charge >= 0.3 is 11.8 Å². The van der Waals surface area contributed by atoms with Crippen LogP contribution in [-0.2, 0) is 30.9 Å². The molecule has 8 nitrogen and oxygen atoms in total. The van der Waals surface area contributed by atoms with Crippen molar-refractivity contribution in [1.29, 1.82) is 0 Å². The average Bonchev–Trinajstić information content (AvgIpc) is 2.77. The highest BCUT2D eigenvalue weighted by molar-refractivity contribution is 7.89. The molecule has 3 rings (SSSR count). The smallest absolute Gasteiger partial charge is 0.309 e. The van der Waals surface area contributed by atoms with Gasteiger partial charge < -0.3 is 15.4 Å². The van der Waals surface area contributed by atoms with Crippen LogP contribution < -0.4 is 10.6 Å². The summed E-state index contributed by atoms with van der Waals surface area (Å²) < 4.78 is 32.7. The summed E-state index contributed by atoms with van der Waals surface area (Å²) in [5, 5.41) is 5.45. The highest BCUT2D eigenvalue weighted by atomic mass is 35.5. The van der Waals surface area contributed by atoms with Gasteiger partial charge in [0.2, 0.25) is 10.0 Å². The topological polar surface area (TPSA) is 105 Å². The maximum absolute atomic E-state index is 13.0. The standard InChI is InChI=1S/C21H24ClN3O5S/c1-15-5-2-3-6-16(15)13-23-20(26)21(27)24-14-19-25(11-4-12-30-19)31(28,29)18-9-7-17(22)8-10-18/h2-3,5-10,19H,4,11-14H2,1H3,(H,23,26)(H,24,27)/t19-/m1/s1. The first kappa shape index (κ1) is 23.2. The Morgan fingerprint density at radius 3 is 2.48 bits per heavy atom. The molecule has 0 aromatic heterocycles. The number of ether oxygens (including phenoxy) is 1. The van der Waals surface area contributed by atoms with Crippen molar-refractivity contribution in [2.45, 2.75) is 31.0 Å². The summed E-state index contributed by atoms with van der Waals surface area (Å²) in [5.74, 6) is -1.65. The van der Waals surface area contributed by atoms with Gasteiger partial charge in [-0.25, -0.2) is 8.42 Å². The zero-order chi connectivity index (χ0) is 22.4. The van der Waals surface area contributed by atoms with Crippen molar-refractivity contribution in [3.05, 3.63) is 64.7 Å². The number of benzene rings is 2. The zero-order valence-electron chi connectivity index (χ0n) is 17.0. The molecule has 2 aromatic carbocycles. The highest BCUT2D eigenvalue weighted by Gasteiger charge is 2.34. The van der Waals surface area contributed by atoms with Crippen LogP contribution in [0.2, 0.25) is 5.02 Å². The molecule has 1 aliphatic heterocycles. The van der Waals surface area contributed by atoms with Gasteiger partial charge in [0.1, 0.15) is 6.23 Å². The largest absolute Gasteiger partial charge is 0.360 e. The lowest BCUT2D eigenvalue weighted by molar-refractivity contribution is -0.140. The molecule has 0 spiro atoms. The van der Waals surface area contributed by atoms with Gasteiger partial charge in [0.15, 0.2) is 0 Å². The van der Waals surface area contributed by atoms with Crippen LogP contribution in [0, 0.1) is 6.92 Å². The summed E-state index contributed by atoms with van der Waals surface area (Å²) in [5.41, 5.74) is 1.90.